The highest BCUT2D eigenvalue weighted by atomic mass is 16.5. The Morgan fingerprint density at radius 1 is 1.37 bits per heavy atom. The molecule has 0 amide bonds. The van der Waals surface area contributed by atoms with Gasteiger partial charge in [0.1, 0.15) is 0 Å². The summed E-state index contributed by atoms with van der Waals surface area (Å²) in [7, 11) is 2.19. The molecular weight excluding hydrogens is 236 g/mol. The first-order chi connectivity index (χ1) is 9.15. The summed E-state index contributed by atoms with van der Waals surface area (Å²) in [5.41, 5.74) is 7.93. The van der Waals surface area contributed by atoms with Gasteiger partial charge in [0.2, 0.25) is 0 Å². The van der Waals surface area contributed by atoms with Crippen molar-refractivity contribution in [2.75, 3.05) is 32.5 Å². The van der Waals surface area contributed by atoms with Gasteiger partial charge in [-0.15, -0.1) is 0 Å². The standard InChI is InChI=1S/C16H26N2O/c1-13(14-5-7-15(17)8-6-14)9-10-18(2)12-16-4-3-11-19-16/h5-8,13,16H,3-4,9-12,17H2,1-2H3. The fourth-order valence-corrected chi connectivity index (χ4v) is 2.63. The van der Waals surface area contributed by atoms with Gasteiger partial charge in [0.15, 0.2) is 0 Å². The molecule has 1 heterocycles. The van der Waals surface area contributed by atoms with Gasteiger partial charge >= 0.3 is 0 Å². The second-order valence-corrected chi connectivity index (χ2v) is 5.75. The lowest BCUT2D eigenvalue weighted by atomic mass is 9.97. The van der Waals surface area contributed by atoms with Gasteiger partial charge in [0.25, 0.3) is 0 Å². The topological polar surface area (TPSA) is 38.5 Å². The molecule has 0 saturated carbocycles. The molecule has 0 bridgehead atoms. The van der Waals surface area contributed by atoms with E-state index in [0.29, 0.717) is 12.0 Å². The smallest absolute Gasteiger partial charge is 0.0702 e. The van der Waals surface area contributed by atoms with Crippen molar-refractivity contribution in [1.29, 1.82) is 0 Å². The largest absolute Gasteiger partial charge is 0.399 e. The molecule has 2 atom stereocenters. The normalized spacial score (nSPS) is 20.9. The molecule has 2 N–H and O–H groups in total. The highest BCUT2D eigenvalue weighted by molar-refractivity contribution is 5.40. The molecule has 2 rings (SSSR count). The van der Waals surface area contributed by atoms with Crippen LogP contribution in [0.2, 0.25) is 0 Å². The van der Waals surface area contributed by atoms with Crippen LogP contribution in [0.1, 0.15) is 37.7 Å². The Morgan fingerprint density at radius 3 is 2.74 bits per heavy atom. The third-order valence-corrected chi connectivity index (χ3v) is 3.99. The quantitative estimate of drug-likeness (QED) is 0.801. The molecule has 3 heteroatoms. The highest BCUT2D eigenvalue weighted by Gasteiger charge is 2.17. The van der Waals surface area contributed by atoms with E-state index in [2.05, 4.69) is 31.0 Å². The van der Waals surface area contributed by atoms with Crippen LogP contribution in [0.5, 0.6) is 0 Å². The Balaban J connectivity index is 1.73. The fraction of sp³-hybridized carbons (Fsp3) is 0.625. The van der Waals surface area contributed by atoms with Gasteiger partial charge in [0.05, 0.1) is 6.10 Å². The molecule has 3 nitrogen and oxygen atoms in total. The van der Waals surface area contributed by atoms with E-state index in [1.807, 2.05) is 12.1 Å². The molecule has 1 saturated heterocycles. The summed E-state index contributed by atoms with van der Waals surface area (Å²) in [6.07, 6.45) is 4.07. The zero-order valence-electron chi connectivity index (χ0n) is 12.1. The second-order valence-electron chi connectivity index (χ2n) is 5.75. The molecular formula is C16H26N2O. The molecule has 0 radical (unpaired) electrons. The maximum absolute atomic E-state index is 5.72. The maximum atomic E-state index is 5.72. The Kier molecular flexibility index (Phi) is 5.23. The lowest BCUT2D eigenvalue weighted by Gasteiger charge is -2.22. The summed E-state index contributed by atoms with van der Waals surface area (Å²) < 4.78 is 5.67. The van der Waals surface area contributed by atoms with Gasteiger partial charge < -0.3 is 15.4 Å². The number of rotatable bonds is 6. The summed E-state index contributed by atoms with van der Waals surface area (Å²) in [6.45, 7) is 5.41. The number of anilines is 1. The molecule has 1 aliphatic heterocycles. The molecule has 1 aliphatic rings. The van der Waals surface area contributed by atoms with Crippen molar-refractivity contribution < 1.29 is 4.74 Å². The minimum absolute atomic E-state index is 0.455. The highest BCUT2D eigenvalue weighted by Crippen LogP contribution is 2.20. The van der Waals surface area contributed by atoms with E-state index in [1.54, 1.807) is 0 Å². The van der Waals surface area contributed by atoms with Gasteiger partial charge in [-0.25, -0.2) is 0 Å². The van der Waals surface area contributed by atoms with Gasteiger partial charge in [-0.05, 0) is 56.5 Å². The van der Waals surface area contributed by atoms with Crippen LogP contribution >= 0.6 is 0 Å². The molecule has 106 valence electrons. The maximum Gasteiger partial charge on any atom is 0.0702 e. The van der Waals surface area contributed by atoms with Crippen molar-refractivity contribution in [3.05, 3.63) is 29.8 Å². The van der Waals surface area contributed by atoms with Crippen LogP contribution in [0.3, 0.4) is 0 Å². The Labute approximate surface area is 116 Å². The summed E-state index contributed by atoms with van der Waals surface area (Å²) in [4.78, 5) is 2.39. The predicted molar refractivity (Wildman–Crippen MR) is 80.4 cm³/mol. The second kappa shape index (κ2) is 6.92. The summed E-state index contributed by atoms with van der Waals surface area (Å²) in [5, 5.41) is 0. The van der Waals surface area contributed by atoms with Crippen molar-refractivity contribution >= 4 is 5.69 Å². The molecule has 0 aromatic heterocycles. The van der Waals surface area contributed by atoms with E-state index >= 15 is 0 Å². The van der Waals surface area contributed by atoms with Crippen LogP contribution in [-0.2, 0) is 4.74 Å². The number of ether oxygens (including phenoxy) is 1. The van der Waals surface area contributed by atoms with E-state index in [1.165, 1.54) is 24.8 Å². The van der Waals surface area contributed by atoms with Crippen LogP contribution < -0.4 is 5.73 Å². The zero-order valence-corrected chi connectivity index (χ0v) is 12.1. The first kappa shape index (κ1) is 14.4. The summed E-state index contributed by atoms with van der Waals surface area (Å²) in [6, 6.07) is 8.25. The average Bonchev–Trinajstić information content (AvgIpc) is 2.89. The third-order valence-electron chi connectivity index (χ3n) is 3.99. The van der Waals surface area contributed by atoms with Gasteiger partial charge in [-0.2, -0.15) is 0 Å². The lowest BCUT2D eigenvalue weighted by Crippen LogP contribution is -2.30. The minimum Gasteiger partial charge on any atom is -0.399 e. The number of benzene rings is 1. The van der Waals surface area contributed by atoms with Gasteiger partial charge in [0, 0.05) is 18.8 Å². The third kappa shape index (κ3) is 4.51. The lowest BCUT2D eigenvalue weighted by molar-refractivity contribution is 0.0805. The molecule has 1 fully saturated rings. The number of hydrogen-bond acceptors (Lipinski definition) is 3. The van der Waals surface area contributed by atoms with Crippen LogP contribution in [0.4, 0.5) is 5.69 Å². The van der Waals surface area contributed by atoms with Crippen molar-refractivity contribution in [2.24, 2.45) is 0 Å². The van der Waals surface area contributed by atoms with Crippen molar-refractivity contribution in [3.8, 4) is 0 Å². The first-order valence-corrected chi connectivity index (χ1v) is 7.30. The first-order valence-electron chi connectivity index (χ1n) is 7.30. The summed E-state index contributed by atoms with van der Waals surface area (Å²) >= 11 is 0. The predicted octanol–water partition coefficient (Wildman–Crippen LogP) is 2.87. The monoisotopic (exact) mass is 262 g/mol. The zero-order chi connectivity index (χ0) is 13.7. The fourth-order valence-electron chi connectivity index (χ4n) is 2.63. The van der Waals surface area contributed by atoms with Crippen molar-refractivity contribution in [3.63, 3.8) is 0 Å². The Hall–Kier alpha value is -1.06. The molecule has 19 heavy (non-hydrogen) atoms. The Bertz CT molecular complexity index is 371. The number of likely N-dealkylation sites (N-methyl/N-ethyl adjacent to an activating group) is 1. The molecule has 0 spiro atoms. The van der Waals surface area contributed by atoms with E-state index in [4.69, 9.17) is 10.5 Å². The van der Waals surface area contributed by atoms with E-state index < -0.39 is 0 Å². The van der Waals surface area contributed by atoms with Crippen molar-refractivity contribution in [1.82, 2.24) is 4.90 Å². The molecule has 1 aromatic rings. The van der Waals surface area contributed by atoms with E-state index in [9.17, 15) is 0 Å². The molecule has 0 aliphatic carbocycles. The summed E-state index contributed by atoms with van der Waals surface area (Å²) in [5.74, 6) is 0.576. The van der Waals surface area contributed by atoms with Gasteiger partial charge in [-0.1, -0.05) is 19.1 Å². The van der Waals surface area contributed by atoms with Crippen LogP contribution in [-0.4, -0.2) is 37.7 Å². The average molecular weight is 262 g/mol. The number of nitrogen functional groups attached to an aromatic ring is 1. The molecule has 1 aromatic carbocycles. The minimum atomic E-state index is 0.455. The SMILES string of the molecule is CC(CCN(C)CC1CCCO1)c1ccc(N)cc1. The number of nitrogens with two attached hydrogens (primary N) is 1. The molecule has 2 unspecified atom stereocenters. The number of hydrogen-bond donors (Lipinski definition) is 1. The van der Waals surface area contributed by atoms with Crippen LogP contribution in [0, 0.1) is 0 Å². The van der Waals surface area contributed by atoms with Crippen LogP contribution in [0.25, 0.3) is 0 Å². The van der Waals surface area contributed by atoms with E-state index in [0.717, 1.165) is 25.4 Å². The number of nitrogens with zero attached hydrogens (tertiary/aromatic N) is 1. The van der Waals surface area contributed by atoms with E-state index in [-0.39, 0.29) is 0 Å². The van der Waals surface area contributed by atoms with Crippen molar-refractivity contribution in [2.45, 2.75) is 38.2 Å². The Morgan fingerprint density at radius 2 is 2.11 bits per heavy atom. The van der Waals surface area contributed by atoms with Gasteiger partial charge in [-0.3, -0.25) is 0 Å². The van der Waals surface area contributed by atoms with Crippen LogP contribution in [0.15, 0.2) is 24.3 Å².